The zero-order valence-corrected chi connectivity index (χ0v) is 8.66. The second-order valence-electron chi connectivity index (χ2n) is 3.74. The molecule has 0 aromatic heterocycles. The third kappa shape index (κ3) is 2.10. The molecular weight excluding hydrogens is 180 g/mol. The van der Waals surface area contributed by atoms with Crippen molar-refractivity contribution < 1.29 is 14.3 Å². The van der Waals surface area contributed by atoms with Crippen LogP contribution >= 0.6 is 0 Å². The van der Waals surface area contributed by atoms with Crippen LogP contribution < -0.4 is 0 Å². The van der Waals surface area contributed by atoms with Crippen LogP contribution in [0.25, 0.3) is 0 Å². The lowest BCUT2D eigenvalue weighted by Crippen LogP contribution is -2.24. The molecule has 0 aromatic rings. The maximum Gasteiger partial charge on any atom is 0.335 e. The van der Waals surface area contributed by atoms with E-state index in [1.165, 1.54) is 12.2 Å². The summed E-state index contributed by atoms with van der Waals surface area (Å²) in [5.74, 6) is -0.567. The molecule has 3 heteroatoms. The zero-order chi connectivity index (χ0) is 10.8. The highest BCUT2D eigenvalue weighted by atomic mass is 16.5. The number of esters is 1. The molecule has 0 radical (unpaired) electrons. The van der Waals surface area contributed by atoms with Crippen molar-refractivity contribution >= 4 is 11.8 Å². The topological polar surface area (TPSA) is 43.4 Å². The van der Waals surface area contributed by atoms with Gasteiger partial charge in [0.15, 0.2) is 5.78 Å². The molecule has 0 N–H and O–H groups in total. The van der Waals surface area contributed by atoms with Crippen molar-refractivity contribution in [2.45, 2.75) is 20.8 Å². The Bertz CT molecular complexity index is 321. The van der Waals surface area contributed by atoms with E-state index in [0.29, 0.717) is 12.2 Å². The summed E-state index contributed by atoms with van der Waals surface area (Å²) in [4.78, 5) is 22.6. The van der Waals surface area contributed by atoms with Crippen LogP contribution in [0.5, 0.6) is 0 Å². The van der Waals surface area contributed by atoms with Gasteiger partial charge in [-0.1, -0.05) is 19.9 Å². The first kappa shape index (κ1) is 10.7. The number of carbonyl (C=O) groups excluding carboxylic acids is 2. The van der Waals surface area contributed by atoms with Gasteiger partial charge >= 0.3 is 5.97 Å². The highest BCUT2D eigenvalue weighted by molar-refractivity contribution is 6.07. The zero-order valence-electron chi connectivity index (χ0n) is 8.66. The van der Waals surface area contributed by atoms with Crippen LogP contribution in [0, 0.1) is 5.41 Å². The molecule has 0 unspecified atom stereocenters. The van der Waals surface area contributed by atoms with Crippen LogP contribution in [0.1, 0.15) is 20.8 Å². The van der Waals surface area contributed by atoms with Gasteiger partial charge in [-0.15, -0.1) is 0 Å². The summed E-state index contributed by atoms with van der Waals surface area (Å²) in [7, 11) is 0. The van der Waals surface area contributed by atoms with Gasteiger partial charge in [-0.25, -0.2) is 4.79 Å². The largest absolute Gasteiger partial charge is 0.463 e. The lowest BCUT2D eigenvalue weighted by atomic mass is 9.80. The Morgan fingerprint density at radius 1 is 1.50 bits per heavy atom. The quantitative estimate of drug-likeness (QED) is 0.628. The summed E-state index contributed by atoms with van der Waals surface area (Å²) >= 11 is 0. The first-order valence-corrected chi connectivity index (χ1v) is 4.60. The Balaban J connectivity index is 2.95. The monoisotopic (exact) mass is 194 g/mol. The molecule has 0 saturated heterocycles. The van der Waals surface area contributed by atoms with Crippen molar-refractivity contribution in [1.29, 1.82) is 0 Å². The summed E-state index contributed by atoms with van der Waals surface area (Å²) in [6.45, 7) is 5.81. The molecule has 0 amide bonds. The highest BCUT2D eigenvalue weighted by Gasteiger charge is 2.30. The summed E-state index contributed by atoms with van der Waals surface area (Å²) in [5.41, 5.74) is 0.00650. The lowest BCUT2D eigenvalue weighted by Gasteiger charge is -2.24. The van der Waals surface area contributed by atoms with E-state index in [2.05, 4.69) is 0 Å². The van der Waals surface area contributed by atoms with E-state index >= 15 is 0 Å². The van der Waals surface area contributed by atoms with Crippen molar-refractivity contribution in [3.8, 4) is 0 Å². The molecule has 0 bridgehead atoms. The van der Waals surface area contributed by atoms with Gasteiger partial charge in [-0.2, -0.15) is 0 Å². The van der Waals surface area contributed by atoms with Crippen LogP contribution in [0.2, 0.25) is 0 Å². The molecule has 0 aromatic carbocycles. The minimum atomic E-state index is -0.417. The van der Waals surface area contributed by atoms with Crippen LogP contribution in [0.4, 0.5) is 0 Å². The molecule has 0 fully saturated rings. The van der Waals surface area contributed by atoms with E-state index in [1.54, 1.807) is 13.0 Å². The highest BCUT2D eigenvalue weighted by Crippen LogP contribution is 2.31. The fourth-order valence-electron chi connectivity index (χ4n) is 1.29. The van der Waals surface area contributed by atoms with E-state index in [-0.39, 0.29) is 5.78 Å². The Morgan fingerprint density at radius 2 is 2.14 bits per heavy atom. The summed E-state index contributed by atoms with van der Waals surface area (Å²) in [6.07, 6.45) is 4.54. The van der Waals surface area contributed by atoms with Crippen molar-refractivity contribution in [1.82, 2.24) is 0 Å². The second-order valence-corrected chi connectivity index (χ2v) is 3.74. The first-order valence-electron chi connectivity index (χ1n) is 4.60. The SMILES string of the molecule is CCOC(=O)C1=CC(=O)C=CC1(C)C. The lowest BCUT2D eigenvalue weighted by molar-refractivity contribution is -0.139. The smallest absolute Gasteiger partial charge is 0.335 e. The number of carbonyl (C=O) groups is 2. The Morgan fingerprint density at radius 3 is 2.71 bits per heavy atom. The van der Waals surface area contributed by atoms with Crippen LogP contribution in [-0.2, 0) is 14.3 Å². The minimum absolute atomic E-state index is 0.160. The molecule has 0 saturated carbocycles. The fourth-order valence-corrected chi connectivity index (χ4v) is 1.29. The van der Waals surface area contributed by atoms with Crippen molar-refractivity contribution in [2.75, 3.05) is 6.61 Å². The minimum Gasteiger partial charge on any atom is -0.463 e. The third-order valence-electron chi connectivity index (χ3n) is 2.14. The van der Waals surface area contributed by atoms with E-state index in [0.717, 1.165) is 0 Å². The normalized spacial score (nSPS) is 19.1. The Hall–Kier alpha value is -1.38. The van der Waals surface area contributed by atoms with Gasteiger partial charge in [-0.05, 0) is 19.1 Å². The number of hydrogen-bond donors (Lipinski definition) is 0. The van der Waals surface area contributed by atoms with E-state index in [1.807, 2.05) is 13.8 Å². The molecule has 14 heavy (non-hydrogen) atoms. The van der Waals surface area contributed by atoms with Crippen LogP contribution in [0.15, 0.2) is 23.8 Å². The number of hydrogen-bond acceptors (Lipinski definition) is 3. The number of ether oxygens (including phenoxy) is 1. The average Bonchev–Trinajstić information content (AvgIpc) is 2.10. The van der Waals surface area contributed by atoms with E-state index in [4.69, 9.17) is 4.74 Å². The maximum absolute atomic E-state index is 11.5. The Labute approximate surface area is 83.4 Å². The van der Waals surface area contributed by atoms with E-state index < -0.39 is 11.4 Å². The van der Waals surface area contributed by atoms with Gasteiger partial charge in [0, 0.05) is 5.41 Å². The number of rotatable bonds is 2. The van der Waals surface area contributed by atoms with Gasteiger partial charge < -0.3 is 4.74 Å². The van der Waals surface area contributed by atoms with Gasteiger partial charge in [0.25, 0.3) is 0 Å². The second kappa shape index (κ2) is 3.78. The van der Waals surface area contributed by atoms with Crippen LogP contribution in [-0.4, -0.2) is 18.4 Å². The molecule has 0 spiro atoms. The molecule has 1 aliphatic rings. The molecule has 3 nitrogen and oxygen atoms in total. The maximum atomic E-state index is 11.5. The number of ketones is 1. The first-order chi connectivity index (χ1) is 6.47. The van der Waals surface area contributed by atoms with Crippen LogP contribution in [0.3, 0.4) is 0 Å². The summed E-state index contributed by atoms with van der Waals surface area (Å²) in [5, 5.41) is 0. The Kier molecular flexibility index (Phi) is 2.89. The van der Waals surface area contributed by atoms with Gasteiger partial charge in [0.2, 0.25) is 0 Å². The fraction of sp³-hybridized carbons (Fsp3) is 0.455. The predicted molar refractivity (Wildman–Crippen MR) is 52.6 cm³/mol. The summed E-state index contributed by atoms with van der Waals surface area (Å²) in [6, 6.07) is 0. The predicted octanol–water partition coefficient (Wildman–Crippen LogP) is 1.64. The molecule has 76 valence electrons. The van der Waals surface area contributed by atoms with Gasteiger partial charge in [0.05, 0.1) is 12.2 Å². The molecule has 1 aliphatic carbocycles. The van der Waals surface area contributed by atoms with Crippen molar-refractivity contribution in [2.24, 2.45) is 5.41 Å². The molecule has 0 aliphatic heterocycles. The van der Waals surface area contributed by atoms with Crippen molar-refractivity contribution in [3.63, 3.8) is 0 Å². The standard InChI is InChI=1S/C11H14O3/c1-4-14-10(13)9-7-8(12)5-6-11(9,2)3/h5-7H,4H2,1-3H3. The molecule has 1 rings (SSSR count). The van der Waals surface area contributed by atoms with Gasteiger partial charge in [0.1, 0.15) is 0 Å². The molecular formula is C11H14O3. The van der Waals surface area contributed by atoms with E-state index in [9.17, 15) is 9.59 Å². The molecule has 0 atom stereocenters. The van der Waals surface area contributed by atoms with Crippen molar-refractivity contribution in [3.05, 3.63) is 23.8 Å². The molecule has 0 heterocycles. The summed E-state index contributed by atoms with van der Waals surface area (Å²) < 4.78 is 4.87. The third-order valence-corrected chi connectivity index (χ3v) is 2.14. The number of allylic oxidation sites excluding steroid dienone is 3. The average molecular weight is 194 g/mol. The van der Waals surface area contributed by atoms with Gasteiger partial charge in [-0.3, -0.25) is 4.79 Å².